The van der Waals surface area contributed by atoms with Gasteiger partial charge in [-0.3, -0.25) is 14.7 Å². The summed E-state index contributed by atoms with van der Waals surface area (Å²) in [5.74, 6) is -0.0231. The molecule has 6 nitrogen and oxygen atoms in total. The number of amides is 1. The highest BCUT2D eigenvalue weighted by Crippen LogP contribution is 2.15. The van der Waals surface area contributed by atoms with E-state index in [0.717, 1.165) is 56.8 Å². The number of carbonyl (C=O) groups is 1. The van der Waals surface area contributed by atoms with Crippen LogP contribution in [0.2, 0.25) is 0 Å². The quantitative estimate of drug-likeness (QED) is 0.857. The molecule has 0 saturated carbocycles. The molecule has 0 bridgehead atoms. The van der Waals surface area contributed by atoms with Gasteiger partial charge in [-0.15, -0.1) is 0 Å². The maximum absolute atomic E-state index is 12.7. The monoisotopic (exact) mass is 326 g/mol. The fraction of sp³-hybridized carbons (Fsp3) is 0.500. The minimum atomic E-state index is -0.0231. The summed E-state index contributed by atoms with van der Waals surface area (Å²) in [6.45, 7) is 5.14. The molecule has 2 aromatic rings. The number of carbonyl (C=O) groups excluding carboxylic acids is 1. The summed E-state index contributed by atoms with van der Waals surface area (Å²) >= 11 is 0. The van der Waals surface area contributed by atoms with Crippen molar-refractivity contribution in [3.63, 3.8) is 0 Å². The molecule has 1 amide bonds. The van der Waals surface area contributed by atoms with Crippen LogP contribution in [0.3, 0.4) is 0 Å². The van der Waals surface area contributed by atoms with Crippen LogP contribution in [0.5, 0.6) is 0 Å². The highest BCUT2D eigenvalue weighted by molar-refractivity contribution is 5.93. The number of benzene rings is 1. The lowest BCUT2D eigenvalue weighted by Gasteiger charge is -2.35. The first-order valence-electron chi connectivity index (χ1n) is 8.64. The molecule has 2 aliphatic heterocycles. The molecule has 1 atom stereocenters. The lowest BCUT2D eigenvalue weighted by Crippen LogP contribution is -2.50. The number of aromatic nitrogens is 2. The summed E-state index contributed by atoms with van der Waals surface area (Å²) in [6.07, 6.45) is 4.29. The molecule has 0 aliphatic carbocycles. The maximum Gasteiger partial charge on any atom is 0.274 e. The third-order valence-electron chi connectivity index (χ3n) is 4.81. The molecule has 2 saturated heterocycles. The van der Waals surface area contributed by atoms with E-state index in [1.54, 1.807) is 6.20 Å². The fourth-order valence-corrected chi connectivity index (χ4v) is 3.43. The Hall–Kier alpha value is -2.05. The van der Waals surface area contributed by atoms with Crippen molar-refractivity contribution in [2.24, 2.45) is 0 Å². The van der Waals surface area contributed by atoms with Gasteiger partial charge in [0.15, 0.2) is 0 Å². The molecule has 6 heteroatoms. The van der Waals surface area contributed by atoms with Gasteiger partial charge in [0.25, 0.3) is 5.91 Å². The number of hydrogen-bond acceptors (Lipinski definition) is 5. The maximum atomic E-state index is 12.7. The first-order valence-corrected chi connectivity index (χ1v) is 8.64. The molecule has 0 N–H and O–H groups in total. The highest BCUT2D eigenvalue weighted by Gasteiger charge is 2.26. The second-order valence-electron chi connectivity index (χ2n) is 6.47. The minimum absolute atomic E-state index is 0.0231. The van der Waals surface area contributed by atoms with Gasteiger partial charge in [-0.05, 0) is 25.0 Å². The van der Waals surface area contributed by atoms with E-state index >= 15 is 0 Å². The van der Waals surface area contributed by atoms with Crippen LogP contribution in [0.1, 0.15) is 23.3 Å². The van der Waals surface area contributed by atoms with E-state index in [1.165, 1.54) is 6.42 Å². The number of fused-ring (bicyclic) bond motifs is 1. The summed E-state index contributed by atoms with van der Waals surface area (Å²) in [6, 6.07) is 7.63. The Morgan fingerprint density at radius 3 is 2.71 bits per heavy atom. The molecular weight excluding hydrogens is 304 g/mol. The zero-order valence-corrected chi connectivity index (χ0v) is 13.7. The van der Waals surface area contributed by atoms with Crippen molar-refractivity contribution in [1.29, 1.82) is 0 Å². The average Bonchev–Trinajstić information content (AvgIpc) is 3.14. The Balaban J connectivity index is 1.38. The van der Waals surface area contributed by atoms with Crippen molar-refractivity contribution in [3.05, 3.63) is 36.2 Å². The Morgan fingerprint density at radius 2 is 1.96 bits per heavy atom. The number of nitrogens with zero attached hydrogens (tertiary/aromatic N) is 4. The molecule has 3 heterocycles. The molecule has 1 unspecified atom stereocenters. The summed E-state index contributed by atoms with van der Waals surface area (Å²) in [4.78, 5) is 25.8. The van der Waals surface area contributed by atoms with Crippen LogP contribution in [0.15, 0.2) is 30.5 Å². The predicted octanol–water partition coefficient (Wildman–Crippen LogP) is 1.57. The molecule has 24 heavy (non-hydrogen) atoms. The van der Waals surface area contributed by atoms with E-state index in [-0.39, 0.29) is 5.91 Å². The third-order valence-corrected chi connectivity index (χ3v) is 4.81. The van der Waals surface area contributed by atoms with Crippen LogP contribution in [0, 0.1) is 0 Å². The minimum Gasteiger partial charge on any atom is -0.377 e. The zero-order valence-electron chi connectivity index (χ0n) is 13.7. The normalized spacial score (nSPS) is 22.2. The molecule has 2 aliphatic rings. The Bertz CT molecular complexity index is 722. The Morgan fingerprint density at radius 1 is 1.17 bits per heavy atom. The van der Waals surface area contributed by atoms with Crippen molar-refractivity contribution in [2.75, 3.05) is 39.3 Å². The average molecular weight is 326 g/mol. The van der Waals surface area contributed by atoms with Crippen LogP contribution in [-0.4, -0.2) is 71.1 Å². The van der Waals surface area contributed by atoms with E-state index in [2.05, 4.69) is 14.9 Å². The lowest BCUT2D eigenvalue weighted by molar-refractivity contribution is 0.0430. The second kappa shape index (κ2) is 6.83. The number of rotatable bonds is 3. The largest absolute Gasteiger partial charge is 0.377 e. The van der Waals surface area contributed by atoms with E-state index in [0.29, 0.717) is 11.8 Å². The Kier molecular flexibility index (Phi) is 4.40. The van der Waals surface area contributed by atoms with Gasteiger partial charge >= 0.3 is 0 Å². The molecule has 2 fully saturated rings. The molecule has 4 rings (SSSR count). The van der Waals surface area contributed by atoms with Crippen LogP contribution < -0.4 is 0 Å². The van der Waals surface area contributed by atoms with Gasteiger partial charge in [-0.2, -0.15) is 0 Å². The first kappa shape index (κ1) is 15.5. The Labute approximate surface area is 141 Å². The van der Waals surface area contributed by atoms with E-state index in [1.807, 2.05) is 29.2 Å². The van der Waals surface area contributed by atoms with Gasteiger partial charge in [0.05, 0.1) is 23.3 Å². The van der Waals surface area contributed by atoms with Gasteiger partial charge in [0.1, 0.15) is 5.69 Å². The highest BCUT2D eigenvalue weighted by atomic mass is 16.5. The number of hydrogen-bond donors (Lipinski definition) is 0. The second-order valence-corrected chi connectivity index (χ2v) is 6.47. The number of piperazine rings is 1. The van der Waals surface area contributed by atoms with Gasteiger partial charge in [-0.1, -0.05) is 12.1 Å². The van der Waals surface area contributed by atoms with Crippen LogP contribution in [0.4, 0.5) is 0 Å². The number of para-hydroxylation sites is 2. The predicted molar refractivity (Wildman–Crippen MR) is 90.9 cm³/mol. The van der Waals surface area contributed by atoms with Gasteiger partial charge in [-0.25, -0.2) is 4.98 Å². The van der Waals surface area contributed by atoms with E-state index in [9.17, 15) is 4.79 Å². The topological polar surface area (TPSA) is 58.6 Å². The first-order chi connectivity index (χ1) is 11.8. The molecule has 126 valence electrons. The summed E-state index contributed by atoms with van der Waals surface area (Å²) in [5.41, 5.74) is 2.01. The zero-order chi connectivity index (χ0) is 16.4. The van der Waals surface area contributed by atoms with Crippen molar-refractivity contribution < 1.29 is 9.53 Å². The van der Waals surface area contributed by atoms with E-state index in [4.69, 9.17) is 4.74 Å². The van der Waals surface area contributed by atoms with Crippen molar-refractivity contribution in [2.45, 2.75) is 18.9 Å². The van der Waals surface area contributed by atoms with Crippen LogP contribution in [-0.2, 0) is 4.74 Å². The summed E-state index contributed by atoms with van der Waals surface area (Å²) in [5, 5.41) is 0. The van der Waals surface area contributed by atoms with Gasteiger partial charge < -0.3 is 9.64 Å². The summed E-state index contributed by atoms with van der Waals surface area (Å²) < 4.78 is 5.70. The summed E-state index contributed by atoms with van der Waals surface area (Å²) in [7, 11) is 0. The van der Waals surface area contributed by atoms with Gasteiger partial charge in [0, 0.05) is 39.3 Å². The molecule has 0 spiro atoms. The van der Waals surface area contributed by atoms with Crippen LogP contribution in [0.25, 0.3) is 11.0 Å². The SMILES string of the molecule is O=C(c1cnc2ccccc2n1)N1CCN(CC2CCCO2)CC1. The van der Waals surface area contributed by atoms with Crippen molar-refractivity contribution in [1.82, 2.24) is 19.8 Å². The van der Waals surface area contributed by atoms with Crippen molar-refractivity contribution >= 4 is 16.9 Å². The van der Waals surface area contributed by atoms with Crippen molar-refractivity contribution in [3.8, 4) is 0 Å². The standard InChI is InChI=1S/C18H22N4O2/c23-18(17-12-19-15-5-1-2-6-16(15)20-17)22-9-7-21(8-10-22)13-14-4-3-11-24-14/h1-2,5-6,12,14H,3-4,7-11,13H2. The molecule has 0 radical (unpaired) electrons. The van der Waals surface area contributed by atoms with Gasteiger partial charge in [0.2, 0.25) is 0 Å². The molecule has 1 aromatic heterocycles. The van der Waals surface area contributed by atoms with E-state index < -0.39 is 0 Å². The molecular formula is C18H22N4O2. The molecule has 1 aromatic carbocycles. The number of ether oxygens (including phenoxy) is 1. The fourth-order valence-electron chi connectivity index (χ4n) is 3.43. The lowest BCUT2D eigenvalue weighted by atomic mass is 10.2. The third kappa shape index (κ3) is 3.25. The van der Waals surface area contributed by atoms with Crippen LogP contribution >= 0.6 is 0 Å². The smallest absolute Gasteiger partial charge is 0.274 e.